The standard InChI is InChI=1S/C16H15FN6O/c1-3-8-22-14-12(21(2)9-18-14)15-20-19-13(23(15)16(22)24)10-4-6-11(17)7-5-10/h4-7,9H,3,8H2,1-2H3. The highest BCUT2D eigenvalue weighted by molar-refractivity contribution is 5.86. The van der Waals surface area contributed by atoms with Crippen molar-refractivity contribution in [2.45, 2.75) is 19.9 Å². The average molecular weight is 326 g/mol. The maximum absolute atomic E-state index is 13.2. The summed E-state index contributed by atoms with van der Waals surface area (Å²) in [6.45, 7) is 2.54. The molecule has 3 heterocycles. The molecule has 0 saturated carbocycles. The van der Waals surface area contributed by atoms with E-state index in [9.17, 15) is 9.18 Å². The van der Waals surface area contributed by atoms with E-state index >= 15 is 0 Å². The molecular formula is C16H15FN6O. The molecule has 0 aliphatic carbocycles. The Morgan fingerprint density at radius 2 is 1.88 bits per heavy atom. The number of halogens is 1. The number of nitrogens with zero attached hydrogens (tertiary/aromatic N) is 6. The van der Waals surface area contributed by atoms with Crippen molar-refractivity contribution in [3.63, 3.8) is 0 Å². The number of hydrogen-bond donors (Lipinski definition) is 0. The van der Waals surface area contributed by atoms with Crippen LogP contribution in [0, 0.1) is 5.82 Å². The fraction of sp³-hybridized carbons (Fsp3) is 0.250. The molecule has 0 bridgehead atoms. The van der Waals surface area contributed by atoms with Gasteiger partial charge in [-0.25, -0.2) is 18.6 Å². The predicted octanol–water partition coefficient (Wildman–Crippen LogP) is 1.99. The summed E-state index contributed by atoms with van der Waals surface area (Å²) in [4.78, 5) is 17.3. The molecule has 0 atom stereocenters. The van der Waals surface area contributed by atoms with Crippen LogP contribution in [-0.4, -0.2) is 28.7 Å². The van der Waals surface area contributed by atoms with Crippen molar-refractivity contribution in [3.8, 4) is 11.4 Å². The molecular weight excluding hydrogens is 311 g/mol. The summed E-state index contributed by atoms with van der Waals surface area (Å²) in [5, 5.41) is 8.35. The molecule has 0 spiro atoms. The van der Waals surface area contributed by atoms with E-state index in [-0.39, 0.29) is 11.5 Å². The number of hydrogen-bond acceptors (Lipinski definition) is 4. The van der Waals surface area contributed by atoms with Crippen LogP contribution in [0.5, 0.6) is 0 Å². The number of aryl methyl sites for hydroxylation is 2. The highest BCUT2D eigenvalue weighted by Crippen LogP contribution is 2.21. The first-order valence-electron chi connectivity index (χ1n) is 7.66. The van der Waals surface area contributed by atoms with E-state index in [0.717, 1.165) is 11.9 Å². The van der Waals surface area contributed by atoms with E-state index in [1.807, 2.05) is 18.5 Å². The van der Waals surface area contributed by atoms with Crippen molar-refractivity contribution in [3.05, 3.63) is 46.9 Å². The van der Waals surface area contributed by atoms with Gasteiger partial charge in [0.05, 0.1) is 6.33 Å². The fourth-order valence-electron chi connectivity index (χ4n) is 2.91. The molecule has 4 aromatic rings. The minimum Gasteiger partial charge on any atom is -0.329 e. The van der Waals surface area contributed by atoms with Gasteiger partial charge in [-0.1, -0.05) is 6.92 Å². The van der Waals surface area contributed by atoms with E-state index in [4.69, 9.17) is 0 Å². The normalized spacial score (nSPS) is 11.6. The quantitative estimate of drug-likeness (QED) is 0.577. The summed E-state index contributed by atoms with van der Waals surface area (Å²) in [5.74, 6) is 0.0490. The van der Waals surface area contributed by atoms with Gasteiger partial charge in [-0.05, 0) is 30.7 Å². The Morgan fingerprint density at radius 3 is 2.58 bits per heavy atom. The number of rotatable bonds is 3. The summed E-state index contributed by atoms with van der Waals surface area (Å²) in [6, 6.07) is 5.85. The van der Waals surface area contributed by atoms with Crippen LogP contribution in [0.15, 0.2) is 35.4 Å². The molecule has 0 N–H and O–H groups in total. The third-order valence-corrected chi connectivity index (χ3v) is 4.02. The number of benzene rings is 1. The first-order chi connectivity index (χ1) is 11.6. The van der Waals surface area contributed by atoms with Gasteiger partial charge in [-0.3, -0.25) is 4.57 Å². The Bertz CT molecular complexity index is 1110. The molecule has 0 unspecified atom stereocenters. The Morgan fingerprint density at radius 1 is 1.12 bits per heavy atom. The lowest BCUT2D eigenvalue weighted by atomic mass is 10.2. The summed E-state index contributed by atoms with van der Waals surface area (Å²) in [5.41, 5.74) is 2.16. The molecule has 8 heteroatoms. The smallest absolute Gasteiger partial charge is 0.329 e. The first kappa shape index (κ1) is 14.6. The third kappa shape index (κ3) is 1.96. The van der Waals surface area contributed by atoms with Crippen LogP contribution in [0.2, 0.25) is 0 Å². The molecule has 0 aliphatic heterocycles. The van der Waals surface area contributed by atoms with E-state index < -0.39 is 0 Å². The lowest BCUT2D eigenvalue weighted by molar-refractivity contribution is 0.628. The van der Waals surface area contributed by atoms with Crippen molar-refractivity contribution in [1.82, 2.24) is 28.7 Å². The maximum Gasteiger partial charge on any atom is 0.337 e. The SMILES string of the molecule is CCCn1c(=O)n2c(-c3ccc(F)cc3)nnc2c2c1ncn2C. The molecule has 7 nitrogen and oxygen atoms in total. The molecule has 3 aromatic heterocycles. The van der Waals surface area contributed by atoms with Crippen LogP contribution in [0.1, 0.15) is 13.3 Å². The minimum absolute atomic E-state index is 0.248. The second-order valence-electron chi connectivity index (χ2n) is 5.65. The van der Waals surface area contributed by atoms with E-state index in [1.54, 1.807) is 23.0 Å². The second kappa shape index (κ2) is 5.26. The van der Waals surface area contributed by atoms with Gasteiger partial charge in [0.1, 0.15) is 11.3 Å². The van der Waals surface area contributed by atoms with Crippen LogP contribution in [-0.2, 0) is 13.6 Å². The predicted molar refractivity (Wildman–Crippen MR) is 87.2 cm³/mol. The fourth-order valence-corrected chi connectivity index (χ4v) is 2.91. The molecule has 0 saturated heterocycles. The van der Waals surface area contributed by atoms with Gasteiger partial charge in [0.25, 0.3) is 0 Å². The summed E-state index contributed by atoms with van der Waals surface area (Å²) >= 11 is 0. The zero-order chi connectivity index (χ0) is 16.8. The molecule has 24 heavy (non-hydrogen) atoms. The number of imidazole rings is 1. The van der Waals surface area contributed by atoms with Gasteiger partial charge >= 0.3 is 5.69 Å². The topological polar surface area (TPSA) is 70.0 Å². The van der Waals surface area contributed by atoms with Gasteiger partial charge < -0.3 is 4.57 Å². The van der Waals surface area contributed by atoms with E-state index in [1.165, 1.54) is 16.5 Å². The highest BCUT2D eigenvalue weighted by atomic mass is 19.1. The van der Waals surface area contributed by atoms with Crippen LogP contribution >= 0.6 is 0 Å². The lowest BCUT2D eigenvalue weighted by Gasteiger charge is -2.08. The molecule has 0 radical (unpaired) electrons. The molecule has 1 aromatic carbocycles. The Labute approximate surface area is 136 Å². The highest BCUT2D eigenvalue weighted by Gasteiger charge is 2.20. The van der Waals surface area contributed by atoms with Crippen molar-refractivity contribution in [2.75, 3.05) is 0 Å². The number of aromatic nitrogens is 6. The third-order valence-electron chi connectivity index (χ3n) is 4.02. The largest absolute Gasteiger partial charge is 0.337 e. The van der Waals surface area contributed by atoms with Crippen LogP contribution in [0.25, 0.3) is 28.2 Å². The Hall–Kier alpha value is -3.03. The second-order valence-corrected chi connectivity index (χ2v) is 5.65. The molecule has 0 amide bonds. The van der Waals surface area contributed by atoms with Gasteiger partial charge in [0.15, 0.2) is 17.1 Å². The van der Waals surface area contributed by atoms with Crippen LogP contribution < -0.4 is 5.69 Å². The van der Waals surface area contributed by atoms with Gasteiger partial charge in [-0.15, -0.1) is 10.2 Å². The Kier molecular flexibility index (Phi) is 3.19. The van der Waals surface area contributed by atoms with E-state index in [0.29, 0.717) is 29.2 Å². The van der Waals surface area contributed by atoms with Gasteiger partial charge in [-0.2, -0.15) is 0 Å². The summed E-state index contributed by atoms with van der Waals surface area (Å²) in [6.07, 6.45) is 2.45. The average Bonchev–Trinajstić information content (AvgIpc) is 3.16. The summed E-state index contributed by atoms with van der Waals surface area (Å²) < 4.78 is 18.1. The minimum atomic E-state index is -0.343. The zero-order valence-corrected chi connectivity index (χ0v) is 13.3. The first-order valence-corrected chi connectivity index (χ1v) is 7.66. The number of fused-ring (bicyclic) bond motifs is 3. The Balaban J connectivity index is 2.13. The molecule has 0 fully saturated rings. The van der Waals surface area contributed by atoms with Crippen molar-refractivity contribution < 1.29 is 4.39 Å². The van der Waals surface area contributed by atoms with Gasteiger partial charge in [0, 0.05) is 19.2 Å². The van der Waals surface area contributed by atoms with Crippen molar-refractivity contribution >= 4 is 16.8 Å². The van der Waals surface area contributed by atoms with Crippen LogP contribution in [0.4, 0.5) is 4.39 Å². The molecule has 0 aliphatic rings. The monoisotopic (exact) mass is 326 g/mol. The summed E-state index contributed by atoms with van der Waals surface area (Å²) in [7, 11) is 1.85. The zero-order valence-electron chi connectivity index (χ0n) is 13.3. The van der Waals surface area contributed by atoms with Crippen molar-refractivity contribution in [1.29, 1.82) is 0 Å². The molecule has 4 rings (SSSR count). The van der Waals surface area contributed by atoms with Gasteiger partial charge in [0.2, 0.25) is 0 Å². The van der Waals surface area contributed by atoms with E-state index in [2.05, 4.69) is 15.2 Å². The lowest BCUT2D eigenvalue weighted by Crippen LogP contribution is -2.28. The maximum atomic E-state index is 13.2. The molecule has 122 valence electrons. The van der Waals surface area contributed by atoms with Crippen molar-refractivity contribution in [2.24, 2.45) is 7.05 Å². The van der Waals surface area contributed by atoms with Crippen LogP contribution in [0.3, 0.4) is 0 Å².